The van der Waals surface area contributed by atoms with E-state index in [4.69, 9.17) is 4.74 Å². The number of carbonyl (C=O) groups is 1. The average molecular weight is 380 g/mol. The topological polar surface area (TPSA) is 60.5 Å². The minimum Gasteiger partial charge on any atom is -0.406 e. The molecule has 5 nitrogen and oxygen atoms in total. The fourth-order valence-electron chi connectivity index (χ4n) is 3.14. The van der Waals surface area contributed by atoms with Crippen molar-refractivity contribution in [2.75, 3.05) is 13.2 Å². The molecule has 1 aliphatic rings. The van der Waals surface area contributed by atoms with Crippen molar-refractivity contribution >= 4 is 5.91 Å². The van der Waals surface area contributed by atoms with Gasteiger partial charge in [0.15, 0.2) is 0 Å². The minimum absolute atomic E-state index is 0.0951. The molecule has 1 saturated heterocycles. The molecule has 0 spiro atoms. The molecule has 27 heavy (non-hydrogen) atoms. The highest BCUT2D eigenvalue weighted by Gasteiger charge is 2.31. The molecule has 8 heteroatoms. The lowest BCUT2D eigenvalue weighted by Gasteiger charge is -2.31. The predicted molar refractivity (Wildman–Crippen MR) is 91.1 cm³/mol. The number of rotatable bonds is 5. The lowest BCUT2D eigenvalue weighted by Crippen LogP contribution is -2.36. The highest BCUT2D eigenvalue weighted by atomic mass is 19.4. The van der Waals surface area contributed by atoms with Gasteiger partial charge in [0.25, 0.3) is 5.91 Å². The summed E-state index contributed by atoms with van der Waals surface area (Å²) in [4.78, 5) is 16.8. The van der Waals surface area contributed by atoms with Crippen LogP contribution in [0.25, 0.3) is 0 Å². The summed E-state index contributed by atoms with van der Waals surface area (Å²) >= 11 is 0. The third kappa shape index (κ3) is 5.43. The molecule has 0 radical (unpaired) electrons. The maximum atomic E-state index is 12.7. The van der Waals surface area contributed by atoms with E-state index in [-0.39, 0.29) is 17.5 Å². The van der Waals surface area contributed by atoms with Crippen molar-refractivity contribution in [3.8, 4) is 5.75 Å². The van der Waals surface area contributed by atoms with Crippen molar-refractivity contribution in [3.63, 3.8) is 0 Å². The van der Waals surface area contributed by atoms with Crippen LogP contribution in [-0.4, -0.2) is 30.5 Å². The van der Waals surface area contributed by atoms with Gasteiger partial charge in [-0.3, -0.25) is 9.78 Å². The Labute approximate surface area is 154 Å². The molecule has 1 amide bonds. The number of nitrogens with zero attached hydrogens (tertiary/aromatic N) is 1. The predicted octanol–water partition coefficient (Wildman–Crippen LogP) is 3.88. The smallest absolute Gasteiger partial charge is 0.406 e. The maximum Gasteiger partial charge on any atom is 0.573 e. The van der Waals surface area contributed by atoms with Crippen molar-refractivity contribution in [2.45, 2.75) is 25.2 Å². The lowest BCUT2D eigenvalue weighted by molar-refractivity contribution is -0.274. The van der Waals surface area contributed by atoms with Crippen molar-refractivity contribution in [1.82, 2.24) is 10.3 Å². The van der Waals surface area contributed by atoms with Gasteiger partial charge in [-0.2, -0.15) is 0 Å². The lowest BCUT2D eigenvalue weighted by atomic mass is 9.87. The van der Waals surface area contributed by atoms with E-state index >= 15 is 0 Å². The molecular weight excluding hydrogens is 361 g/mol. The van der Waals surface area contributed by atoms with E-state index in [1.807, 2.05) is 6.07 Å². The van der Waals surface area contributed by atoms with E-state index in [2.05, 4.69) is 15.0 Å². The quantitative estimate of drug-likeness (QED) is 0.855. The molecule has 0 bridgehead atoms. The number of hydrogen-bond donors (Lipinski definition) is 1. The van der Waals surface area contributed by atoms with Crippen molar-refractivity contribution in [2.24, 2.45) is 5.92 Å². The number of aromatic nitrogens is 1. The molecular formula is C19H19F3N2O3. The number of ether oxygens (including phenoxy) is 2. The first-order chi connectivity index (χ1) is 12.9. The Morgan fingerprint density at radius 3 is 2.67 bits per heavy atom. The molecule has 2 aromatic rings. The van der Waals surface area contributed by atoms with Gasteiger partial charge in [0.1, 0.15) is 5.75 Å². The minimum atomic E-state index is -4.81. The Balaban J connectivity index is 1.79. The molecule has 3 rings (SSSR count). The molecule has 1 fully saturated rings. The van der Waals surface area contributed by atoms with Crippen LogP contribution in [0.3, 0.4) is 0 Å². The van der Waals surface area contributed by atoms with Gasteiger partial charge in [-0.05, 0) is 48.6 Å². The largest absolute Gasteiger partial charge is 0.573 e. The van der Waals surface area contributed by atoms with Gasteiger partial charge < -0.3 is 14.8 Å². The molecule has 0 unspecified atom stereocenters. The van der Waals surface area contributed by atoms with Crippen LogP contribution in [0.5, 0.6) is 5.75 Å². The number of amides is 1. The van der Waals surface area contributed by atoms with Crippen LogP contribution in [0.1, 0.15) is 34.8 Å². The van der Waals surface area contributed by atoms with E-state index in [1.54, 1.807) is 18.5 Å². The molecule has 144 valence electrons. The van der Waals surface area contributed by atoms with Gasteiger partial charge >= 0.3 is 6.36 Å². The van der Waals surface area contributed by atoms with Crippen molar-refractivity contribution in [1.29, 1.82) is 0 Å². The molecule has 0 aliphatic carbocycles. The fraction of sp³-hybridized carbons (Fsp3) is 0.368. The van der Waals surface area contributed by atoms with Crippen molar-refractivity contribution in [3.05, 3.63) is 59.9 Å². The fourth-order valence-corrected chi connectivity index (χ4v) is 3.14. The number of hydrogen-bond acceptors (Lipinski definition) is 4. The third-order valence-electron chi connectivity index (χ3n) is 4.40. The van der Waals surface area contributed by atoms with Crippen LogP contribution in [0.2, 0.25) is 0 Å². The highest BCUT2D eigenvalue weighted by molar-refractivity contribution is 5.94. The zero-order valence-corrected chi connectivity index (χ0v) is 14.4. The molecule has 1 aliphatic heterocycles. The van der Waals surface area contributed by atoms with Gasteiger partial charge in [0, 0.05) is 31.2 Å². The number of alkyl halides is 3. The van der Waals surface area contributed by atoms with Gasteiger partial charge in [0.05, 0.1) is 6.04 Å². The van der Waals surface area contributed by atoms with Crippen LogP contribution < -0.4 is 10.1 Å². The van der Waals surface area contributed by atoms with E-state index in [0.717, 1.165) is 30.5 Å². The average Bonchev–Trinajstić information content (AvgIpc) is 2.66. The van der Waals surface area contributed by atoms with E-state index in [0.29, 0.717) is 13.2 Å². The Hall–Kier alpha value is -2.61. The van der Waals surface area contributed by atoms with Crippen LogP contribution >= 0.6 is 0 Å². The van der Waals surface area contributed by atoms with Gasteiger partial charge in [-0.25, -0.2) is 0 Å². The first-order valence-corrected chi connectivity index (χ1v) is 8.57. The second-order valence-corrected chi connectivity index (χ2v) is 6.26. The number of nitrogens with one attached hydrogen (secondary N) is 1. The Morgan fingerprint density at radius 1 is 1.22 bits per heavy atom. The molecule has 0 saturated carbocycles. The Bertz CT molecular complexity index is 762. The standard InChI is InChI=1S/C19H19F3N2O3/c20-19(21,22)27-16-5-1-3-14(11-16)18(25)24-17(13-6-9-26-10-7-13)15-4-2-8-23-12-15/h1-5,8,11-13,17H,6-7,9-10H2,(H,24,25)/t17-/m0/s1. The number of pyridine rings is 1. The summed E-state index contributed by atoms with van der Waals surface area (Å²) in [5.74, 6) is -0.747. The Morgan fingerprint density at radius 2 is 2.00 bits per heavy atom. The number of halogens is 3. The summed E-state index contributed by atoms with van der Waals surface area (Å²) in [6.07, 6.45) is 0.0669. The summed E-state index contributed by atoms with van der Waals surface area (Å²) in [7, 11) is 0. The molecule has 2 heterocycles. The molecule has 1 N–H and O–H groups in total. The monoisotopic (exact) mass is 380 g/mol. The summed E-state index contributed by atoms with van der Waals surface area (Å²) in [6.45, 7) is 1.21. The summed E-state index contributed by atoms with van der Waals surface area (Å²) in [5.41, 5.74) is 0.943. The van der Waals surface area contributed by atoms with E-state index in [9.17, 15) is 18.0 Å². The van der Waals surface area contributed by atoms with Crippen LogP contribution in [0, 0.1) is 5.92 Å². The number of benzene rings is 1. The zero-order chi connectivity index (χ0) is 19.3. The first-order valence-electron chi connectivity index (χ1n) is 8.57. The molecule has 1 atom stereocenters. The van der Waals surface area contributed by atoms with Gasteiger partial charge in [-0.15, -0.1) is 13.2 Å². The van der Waals surface area contributed by atoms with Crippen LogP contribution in [0.15, 0.2) is 48.8 Å². The SMILES string of the molecule is O=C(N[C@H](c1cccnc1)C1CCOCC1)c1cccc(OC(F)(F)F)c1. The Kier molecular flexibility index (Phi) is 5.95. The molecule has 1 aromatic heterocycles. The van der Waals surface area contributed by atoms with Gasteiger partial charge in [0.2, 0.25) is 0 Å². The third-order valence-corrected chi connectivity index (χ3v) is 4.40. The first kappa shape index (κ1) is 19.2. The summed E-state index contributed by atoms with van der Waals surface area (Å²) < 4.78 is 46.5. The number of carbonyl (C=O) groups excluding carboxylic acids is 1. The second-order valence-electron chi connectivity index (χ2n) is 6.26. The van der Waals surface area contributed by atoms with Crippen molar-refractivity contribution < 1.29 is 27.4 Å². The molecule has 1 aromatic carbocycles. The van der Waals surface area contributed by atoms with Crippen LogP contribution in [0.4, 0.5) is 13.2 Å². The summed E-state index contributed by atoms with van der Waals surface area (Å²) in [6, 6.07) is 8.38. The normalized spacial score (nSPS) is 16.6. The van der Waals surface area contributed by atoms with E-state index in [1.165, 1.54) is 12.1 Å². The van der Waals surface area contributed by atoms with Crippen LogP contribution in [-0.2, 0) is 4.74 Å². The summed E-state index contributed by atoms with van der Waals surface area (Å²) in [5, 5.41) is 2.94. The highest BCUT2D eigenvalue weighted by Crippen LogP contribution is 2.30. The van der Waals surface area contributed by atoms with Gasteiger partial charge in [-0.1, -0.05) is 12.1 Å². The zero-order valence-electron chi connectivity index (χ0n) is 14.4. The second kappa shape index (κ2) is 8.39. The maximum absolute atomic E-state index is 12.7. The van der Waals surface area contributed by atoms with E-state index < -0.39 is 18.0 Å².